The number of carbonyl (C=O) groups is 1. The first kappa shape index (κ1) is 14.4. The van der Waals surface area contributed by atoms with Crippen molar-refractivity contribution in [2.75, 3.05) is 6.61 Å². The lowest BCUT2D eigenvalue weighted by Gasteiger charge is -2.05. The predicted octanol–water partition coefficient (Wildman–Crippen LogP) is 3.50. The summed E-state index contributed by atoms with van der Waals surface area (Å²) >= 11 is 1.36. The molecule has 0 fully saturated rings. The minimum atomic E-state index is -0.566. The van der Waals surface area contributed by atoms with Crippen LogP contribution in [0.25, 0.3) is 21.2 Å². The maximum Gasteiger partial charge on any atom is 0.342 e. The molecule has 0 aliphatic rings. The molecular formula is C17H13NO3S. The fraction of sp³-hybridized carbons (Fsp3) is 0.118. The van der Waals surface area contributed by atoms with Crippen molar-refractivity contribution < 1.29 is 9.53 Å². The van der Waals surface area contributed by atoms with Gasteiger partial charge in [0.2, 0.25) is 5.43 Å². The fourth-order valence-electron chi connectivity index (χ4n) is 2.20. The van der Waals surface area contributed by atoms with Crippen molar-refractivity contribution in [2.45, 2.75) is 6.92 Å². The molecule has 0 N–H and O–H groups in total. The Morgan fingerprint density at radius 1 is 1.18 bits per heavy atom. The van der Waals surface area contributed by atoms with E-state index in [-0.39, 0.29) is 17.6 Å². The second-order valence-electron chi connectivity index (χ2n) is 4.65. The van der Waals surface area contributed by atoms with Gasteiger partial charge in [0.1, 0.15) is 5.56 Å². The van der Waals surface area contributed by atoms with E-state index in [2.05, 4.69) is 4.98 Å². The fourth-order valence-corrected chi connectivity index (χ4v) is 3.13. The molecule has 0 spiro atoms. The van der Waals surface area contributed by atoms with E-state index in [9.17, 15) is 9.59 Å². The minimum Gasteiger partial charge on any atom is -0.462 e. The number of benzene rings is 1. The van der Waals surface area contributed by atoms with Gasteiger partial charge in [-0.15, -0.1) is 11.3 Å². The van der Waals surface area contributed by atoms with Crippen LogP contribution < -0.4 is 5.43 Å². The van der Waals surface area contributed by atoms with Crippen molar-refractivity contribution in [3.8, 4) is 11.1 Å². The van der Waals surface area contributed by atoms with Gasteiger partial charge in [-0.25, -0.2) is 4.79 Å². The van der Waals surface area contributed by atoms with Crippen molar-refractivity contribution in [2.24, 2.45) is 0 Å². The van der Waals surface area contributed by atoms with Crippen LogP contribution in [0.5, 0.6) is 0 Å². The molecule has 22 heavy (non-hydrogen) atoms. The van der Waals surface area contributed by atoms with Gasteiger partial charge in [-0.05, 0) is 42.3 Å². The van der Waals surface area contributed by atoms with Crippen LogP contribution in [0.3, 0.4) is 0 Å². The van der Waals surface area contributed by atoms with Crippen LogP contribution in [0.1, 0.15) is 17.3 Å². The van der Waals surface area contributed by atoms with E-state index in [1.54, 1.807) is 30.8 Å². The maximum absolute atomic E-state index is 12.4. The molecule has 3 rings (SSSR count). The molecule has 0 aliphatic carbocycles. The third-order valence-electron chi connectivity index (χ3n) is 3.28. The number of hydrogen-bond acceptors (Lipinski definition) is 5. The highest BCUT2D eigenvalue weighted by Crippen LogP contribution is 2.25. The Kier molecular flexibility index (Phi) is 3.98. The van der Waals surface area contributed by atoms with E-state index in [0.29, 0.717) is 5.39 Å². The van der Waals surface area contributed by atoms with E-state index in [4.69, 9.17) is 4.74 Å². The summed E-state index contributed by atoms with van der Waals surface area (Å²) in [7, 11) is 0. The van der Waals surface area contributed by atoms with Crippen LogP contribution in [0, 0.1) is 0 Å². The molecule has 110 valence electrons. The van der Waals surface area contributed by atoms with Gasteiger partial charge in [-0.3, -0.25) is 9.78 Å². The van der Waals surface area contributed by atoms with Gasteiger partial charge in [-0.1, -0.05) is 6.07 Å². The topological polar surface area (TPSA) is 56.3 Å². The minimum absolute atomic E-state index is 0.0935. The van der Waals surface area contributed by atoms with Crippen molar-refractivity contribution in [1.29, 1.82) is 0 Å². The van der Waals surface area contributed by atoms with Gasteiger partial charge in [0.15, 0.2) is 0 Å². The third kappa shape index (κ3) is 2.63. The zero-order chi connectivity index (χ0) is 15.5. The van der Waals surface area contributed by atoms with Crippen LogP contribution in [0.15, 0.2) is 52.9 Å². The van der Waals surface area contributed by atoms with Crippen molar-refractivity contribution in [3.63, 3.8) is 0 Å². The lowest BCUT2D eigenvalue weighted by Crippen LogP contribution is -2.16. The average Bonchev–Trinajstić information content (AvgIpc) is 2.56. The highest BCUT2D eigenvalue weighted by Gasteiger charge is 2.14. The van der Waals surface area contributed by atoms with Gasteiger partial charge < -0.3 is 4.74 Å². The molecule has 3 aromatic rings. The number of ether oxygens (including phenoxy) is 1. The van der Waals surface area contributed by atoms with E-state index < -0.39 is 5.97 Å². The number of fused-ring (bicyclic) bond motifs is 1. The first-order chi connectivity index (χ1) is 10.7. The average molecular weight is 311 g/mol. The van der Waals surface area contributed by atoms with Crippen LogP contribution >= 0.6 is 11.3 Å². The van der Waals surface area contributed by atoms with Gasteiger partial charge in [0.05, 0.1) is 6.61 Å². The third-order valence-corrected chi connectivity index (χ3v) is 4.23. The first-order valence-electron chi connectivity index (χ1n) is 6.84. The Morgan fingerprint density at radius 3 is 2.68 bits per heavy atom. The van der Waals surface area contributed by atoms with E-state index in [1.807, 2.05) is 24.3 Å². The lowest BCUT2D eigenvalue weighted by atomic mass is 10.1. The van der Waals surface area contributed by atoms with E-state index >= 15 is 0 Å². The van der Waals surface area contributed by atoms with Gasteiger partial charge in [0, 0.05) is 27.9 Å². The SMILES string of the molecule is CCOC(=O)c1csc2cc(-c3ccncc3)ccc2c1=O. The number of nitrogens with zero attached hydrogens (tertiary/aromatic N) is 1. The van der Waals surface area contributed by atoms with Crippen LogP contribution in [0.2, 0.25) is 0 Å². The molecule has 0 saturated heterocycles. The zero-order valence-electron chi connectivity index (χ0n) is 11.9. The quantitative estimate of drug-likeness (QED) is 0.695. The summed E-state index contributed by atoms with van der Waals surface area (Å²) in [5, 5.41) is 2.10. The smallest absolute Gasteiger partial charge is 0.342 e. The molecular weight excluding hydrogens is 298 g/mol. The first-order valence-corrected chi connectivity index (χ1v) is 7.71. The molecule has 2 heterocycles. The molecule has 5 heteroatoms. The molecule has 1 aromatic carbocycles. The molecule has 0 bridgehead atoms. The molecule has 0 atom stereocenters. The van der Waals surface area contributed by atoms with Crippen LogP contribution in [-0.4, -0.2) is 17.6 Å². The highest BCUT2D eigenvalue weighted by molar-refractivity contribution is 7.16. The number of rotatable bonds is 3. The van der Waals surface area contributed by atoms with Gasteiger partial charge in [-0.2, -0.15) is 0 Å². The summed E-state index contributed by atoms with van der Waals surface area (Å²) in [6, 6.07) is 9.41. The normalized spacial score (nSPS) is 10.6. The van der Waals surface area contributed by atoms with Crippen molar-refractivity contribution in [3.05, 3.63) is 63.9 Å². The second-order valence-corrected chi connectivity index (χ2v) is 5.56. The Labute approximate surface area is 131 Å². The summed E-state index contributed by atoms with van der Waals surface area (Å²) < 4.78 is 5.75. The summed E-state index contributed by atoms with van der Waals surface area (Å²) in [5.74, 6) is -0.566. The molecule has 0 saturated carbocycles. The monoisotopic (exact) mass is 311 g/mol. The molecule has 0 amide bonds. The molecule has 0 unspecified atom stereocenters. The molecule has 4 nitrogen and oxygen atoms in total. The Balaban J connectivity index is 2.11. The Bertz CT molecular complexity index is 887. The molecule has 0 aliphatic heterocycles. The Hall–Kier alpha value is -2.53. The summed E-state index contributed by atoms with van der Waals surface area (Å²) in [6.07, 6.45) is 3.46. The highest BCUT2D eigenvalue weighted by atomic mass is 32.1. The van der Waals surface area contributed by atoms with E-state index in [1.165, 1.54) is 11.3 Å². The number of hydrogen-bond donors (Lipinski definition) is 0. The second kappa shape index (κ2) is 6.07. The van der Waals surface area contributed by atoms with Crippen LogP contribution in [0.4, 0.5) is 0 Å². The van der Waals surface area contributed by atoms with Gasteiger partial charge in [0.25, 0.3) is 0 Å². The van der Waals surface area contributed by atoms with Crippen LogP contribution in [-0.2, 0) is 4.74 Å². The number of pyridine rings is 1. The Morgan fingerprint density at radius 2 is 1.95 bits per heavy atom. The number of aromatic nitrogens is 1. The maximum atomic E-state index is 12.4. The summed E-state index contributed by atoms with van der Waals surface area (Å²) in [6.45, 7) is 1.97. The number of carbonyl (C=O) groups excluding carboxylic acids is 1. The number of esters is 1. The standard InChI is InChI=1S/C17H13NO3S/c1-2-21-17(20)14-10-22-15-9-12(3-4-13(15)16(14)19)11-5-7-18-8-6-11/h3-10H,2H2,1H3. The summed E-state index contributed by atoms with van der Waals surface area (Å²) in [5.41, 5.74) is 1.85. The van der Waals surface area contributed by atoms with Crippen molar-refractivity contribution >= 4 is 27.4 Å². The predicted molar refractivity (Wildman–Crippen MR) is 87.3 cm³/mol. The lowest BCUT2D eigenvalue weighted by molar-refractivity contribution is 0.0525. The zero-order valence-corrected chi connectivity index (χ0v) is 12.7. The van der Waals surface area contributed by atoms with Gasteiger partial charge >= 0.3 is 5.97 Å². The molecule has 0 radical (unpaired) electrons. The van der Waals surface area contributed by atoms with E-state index in [0.717, 1.165) is 15.8 Å². The largest absolute Gasteiger partial charge is 0.462 e. The molecule has 2 aromatic heterocycles. The van der Waals surface area contributed by atoms with Crippen molar-refractivity contribution in [1.82, 2.24) is 4.98 Å². The summed E-state index contributed by atoms with van der Waals surface area (Å²) in [4.78, 5) is 28.2.